The van der Waals surface area contributed by atoms with Crippen LogP contribution in [0.4, 0.5) is 5.69 Å². The SMILES string of the molecule is Cc1ccc(Cl)c2c1CN1C(=N2)C2CCC1C2. The van der Waals surface area contributed by atoms with E-state index in [1.807, 2.05) is 6.07 Å². The number of aliphatic imine (C=N–C) groups is 1. The van der Waals surface area contributed by atoms with Crippen LogP contribution >= 0.6 is 11.6 Å². The van der Waals surface area contributed by atoms with Crippen molar-refractivity contribution in [2.75, 3.05) is 0 Å². The first-order valence-electron chi connectivity index (χ1n) is 6.37. The molecule has 2 unspecified atom stereocenters. The summed E-state index contributed by atoms with van der Waals surface area (Å²) >= 11 is 6.28. The Balaban J connectivity index is 1.90. The fraction of sp³-hybridized carbons (Fsp3) is 0.500. The van der Waals surface area contributed by atoms with Crippen molar-refractivity contribution in [3.8, 4) is 0 Å². The normalized spacial score (nSPS) is 29.1. The molecule has 88 valence electrons. The van der Waals surface area contributed by atoms with Crippen LogP contribution in [0.15, 0.2) is 17.1 Å². The first kappa shape index (κ1) is 9.95. The molecule has 1 saturated carbocycles. The number of aryl methyl sites for hydroxylation is 1. The van der Waals surface area contributed by atoms with Crippen molar-refractivity contribution in [3.63, 3.8) is 0 Å². The summed E-state index contributed by atoms with van der Waals surface area (Å²) in [6.07, 6.45) is 3.97. The molecule has 2 atom stereocenters. The summed E-state index contributed by atoms with van der Waals surface area (Å²) in [6.45, 7) is 3.17. The van der Waals surface area contributed by atoms with Gasteiger partial charge in [-0.25, -0.2) is 4.99 Å². The van der Waals surface area contributed by atoms with Crippen LogP contribution in [0.1, 0.15) is 30.4 Å². The third-order valence-electron chi connectivity index (χ3n) is 4.53. The van der Waals surface area contributed by atoms with Crippen LogP contribution in [0.25, 0.3) is 0 Å². The predicted octanol–water partition coefficient (Wildman–Crippen LogP) is 3.68. The molecule has 1 aromatic rings. The highest BCUT2D eigenvalue weighted by molar-refractivity contribution is 6.33. The van der Waals surface area contributed by atoms with E-state index in [4.69, 9.17) is 16.6 Å². The Labute approximate surface area is 106 Å². The van der Waals surface area contributed by atoms with Gasteiger partial charge in [-0.3, -0.25) is 0 Å². The van der Waals surface area contributed by atoms with Gasteiger partial charge in [-0.05, 0) is 37.8 Å². The monoisotopic (exact) mass is 246 g/mol. The van der Waals surface area contributed by atoms with Crippen LogP contribution in [-0.2, 0) is 6.54 Å². The van der Waals surface area contributed by atoms with Gasteiger partial charge in [-0.1, -0.05) is 17.7 Å². The van der Waals surface area contributed by atoms with Gasteiger partial charge in [0.25, 0.3) is 0 Å². The summed E-state index contributed by atoms with van der Waals surface area (Å²) in [7, 11) is 0. The van der Waals surface area contributed by atoms with Crippen LogP contribution in [0.5, 0.6) is 0 Å². The van der Waals surface area contributed by atoms with Crippen molar-refractivity contribution in [1.82, 2.24) is 4.90 Å². The van der Waals surface area contributed by atoms with E-state index < -0.39 is 0 Å². The van der Waals surface area contributed by atoms with Crippen molar-refractivity contribution in [3.05, 3.63) is 28.3 Å². The van der Waals surface area contributed by atoms with Crippen LogP contribution in [0.2, 0.25) is 5.02 Å². The molecule has 1 saturated heterocycles. The van der Waals surface area contributed by atoms with Gasteiger partial charge in [0.2, 0.25) is 0 Å². The molecule has 2 nitrogen and oxygen atoms in total. The van der Waals surface area contributed by atoms with Crippen LogP contribution in [0.3, 0.4) is 0 Å². The highest BCUT2D eigenvalue weighted by atomic mass is 35.5. The topological polar surface area (TPSA) is 15.6 Å². The quantitative estimate of drug-likeness (QED) is 0.682. The molecular weight excluding hydrogens is 232 g/mol. The Morgan fingerprint density at radius 1 is 1.35 bits per heavy atom. The average Bonchev–Trinajstić information content (AvgIpc) is 2.94. The Morgan fingerprint density at radius 3 is 3.12 bits per heavy atom. The minimum Gasteiger partial charge on any atom is -0.352 e. The molecule has 3 aliphatic rings. The molecular formula is C14H15ClN2. The van der Waals surface area contributed by atoms with E-state index in [1.165, 1.54) is 36.2 Å². The van der Waals surface area contributed by atoms with Crippen LogP contribution < -0.4 is 0 Å². The third kappa shape index (κ3) is 1.25. The molecule has 2 bridgehead atoms. The lowest BCUT2D eigenvalue weighted by Crippen LogP contribution is -2.38. The predicted molar refractivity (Wildman–Crippen MR) is 70.0 cm³/mol. The maximum absolute atomic E-state index is 6.28. The second-order valence-corrected chi connectivity index (χ2v) is 5.86. The molecule has 17 heavy (non-hydrogen) atoms. The number of hydrogen-bond acceptors (Lipinski definition) is 2. The molecule has 2 fully saturated rings. The van der Waals surface area contributed by atoms with Crippen molar-refractivity contribution in [2.45, 2.75) is 38.8 Å². The zero-order valence-electron chi connectivity index (χ0n) is 9.91. The minimum absolute atomic E-state index is 0.699. The largest absolute Gasteiger partial charge is 0.352 e. The standard InChI is InChI=1S/C14H15ClN2/c1-8-2-5-12(15)13-11(8)7-17-10-4-3-9(6-10)14(17)16-13/h2,5,9-10H,3-4,6-7H2,1H3. The van der Waals surface area contributed by atoms with Gasteiger partial charge in [-0.2, -0.15) is 0 Å². The highest BCUT2D eigenvalue weighted by Gasteiger charge is 2.44. The van der Waals surface area contributed by atoms with E-state index in [9.17, 15) is 0 Å². The zero-order valence-corrected chi connectivity index (χ0v) is 10.7. The van der Waals surface area contributed by atoms with Gasteiger partial charge in [-0.15, -0.1) is 0 Å². The van der Waals surface area contributed by atoms with Gasteiger partial charge < -0.3 is 4.90 Å². The number of fused-ring (bicyclic) bond motifs is 6. The van der Waals surface area contributed by atoms with Gasteiger partial charge >= 0.3 is 0 Å². The molecule has 0 amide bonds. The fourth-order valence-electron chi connectivity index (χ4n) is 3.58. The lowest BCUT2D eigenvalue weighted by atomic mass is 10.0. The van der Waals surface area contributed by atoms with Crippen molar-refractivity contribution >= 4 is 23.1 Å². The van der Waals surface area contributed by atoms with Crippen molar-refractivity contribution in [2.24, 2.45) is 10.9 Å². The molecule has 3 heteroatoms. The second kappa shape index (κ2) is 3.26. The van der Waals surface area contributed by atoms with E-state index in [0.717, 1.165) is 23.3 Å². The number of rotatable bonds is 0. The van der Waals surface area contributed by atoms with Gasteiger partial charge in [0.15, 0.2) is 0 Å². The summed E-state index contributed by atoms with van der Waals surface area (Å²) in [4.78, 5) is 7.37. The summed E-state index contributed by atoms with van der Waals surface area (Å²) < 4.78 is 0. The number of amidine groups is 1. The number of halogens is 1. The van der Waals surface area contributed by atoms with Crippen LogP contribution in [0, 0.1) is 12.8 Å². The lowest BCUT2D eigenvalue weighted by Gasteiger charge is -2.34. The molecule has 1 aromatic carbocycles. The second-order valence-electron chi connectivity index (χ2n) is 5.45. The highest BCUT2D eigenvalue weighted by Crippen LogP contribution is 2.46. The molecule has 1 aliphatic carbocycles. The smallest absolute Gasteiger partial charge is 0.109 e. The van der Waals surface area contributed by atoms with Crippen molar-refractivity contribution in [1.29, 1.82) is 0 Å². The number of nitrogens with zero attached hydrogens (tertiary/aromatic N) is 2. The maximum Gasteiger partial charge on any atom is 0.109 e. The summed E-state index contributed by atoms with van der Waals surface area (Å²) in [6, 6.07) is 4.82. The van der Waals surface area contributed by atoms with Gasteiger partial charge in [0.1, 0.15) is 5.84 Å². The average molecular weight is 247 g/mol. The van der Waals surface area contributed by atoms with E-state index >= 15 is 0 Å². The molecule has 0 spiro atoms. The zero-order chi connectivity index (χ0) is 11.6. The third-order valence-corrected chi connectivity index (χ3v) is 4.83. The van der Waals surface area contributed by atoms with Crippen molar-refractivity contribution < 1.29 is 0 Å². The number of benzene rings is 1. The molecule has 2 heterocycles. The Bertz CT molecular complexity index is 535. The molecule has 0 N–H and O–H groups in total. The van der Waals surface area contributed by atoms with E-state index in [0.29, 0.717) is 5.92 Å². The Kier molecular flexibility index (Phi) is 1.91. The Hall–Kier alpha value is -1.02. The minimum atomic E-state index is 0.699. The fourth-order valence-corrected chi connectivity index (χ4v) is 3.80. The molecule has 4 rings (SSSR count). The number of piperidine rings is 1. The lowest BCUT2D eigenvalue weighted by molar-refractivity contribution is 0.316. The van der Waals surface area contributed by atoms with Gasteiger partial charge in [0, 0.05) is 24.1 Å². The van der Waals surface area contributed by atoms with E-state index in [-0.39, 0.29) is 0 Å². The van der Waals surface area contributed by atoms with Crippen LogP contribution in [-0.4, -0.2) is 16.8 Å². The Morgan fingerprint density at radius 2 is 2.24 bits per heavy atom. The molecule has 2 aliphatic heterocycles. The maximum atomic E-state index is 6.28. The first-order valence-corrected chi connectivity index (χ1v) is 6.75. The van der Waals surface area contributed by atoms with Gasteiger partial charge in [0.05, 0.1) is 10.7 Å². The van der Waals surface area contributed by atoms with E-state index in [1.54, 1.807) is 0 Å². The summed E-state index contributed by atoms with van der Waals surface area (Å²) in [5.74, 6) is 2.01. The van der Waals surface area contributed by atoms with E-state index in [2.05, 4.69) is 17.9 Å². The summed E-state index contributed by atoms with van der Waals surface area (Å²) in [5, 5.41) is 0.806. The first-order chi connectivity index (χ1) is 8.24. The summed E-state index contributed by atoms with van der Waals surface area (Å²) in [5.41, 5.74) is 3.68. The molecule has 0 aromatic heterocycles. The number of hydrogen-bond donors (Lipinski definition) is 0. The molecule has 0 radical (unpaired) electrons.